The van der Waals surface area contributed by atoms with Crippen LogP contribution in [0.1, 0.15) is 5.56 Å². The van der Waals surface area contributed by atoms with Crippen LogP contribution in [-0.2, 0) is 6.42 Å². The summed E-state index contributed by atoms with van der Waals surface area (Å²) in [7, 11) is 0. The van der Waals surface area contributed by atoms with Gasteiger partial charge in [0.1, 0.15) is 0 Å². The van der Waals surface area contributed by atoms with Crippen LogP contribution < -0.4 is 5.32 Å². The Morgan fingerprint density at radius 3 is 2.59 bits per heavy atom. The summed E-state index contributed by atoms with van der Waals surface area (Å²) in [5.41, 5.74) is 13.4. The number of benzene rings is 1. The lowest BCUT2D eigenvalue weighted by atomic mass is 10.2. The van der Waals surface area contributed by atoms with Crippen molar-refractivity contribution in [3.05, 3.63) is 96.6 Å². The summed E-state index contributed by atoms with van der Waals surface area (Å²) in [5.74, 6) is 3.29. The first-order valence-electron chi connectivity index (χ1n) is 7.81. The summed E-state index contributed by atoms with van der Waals surface area (Å²) in [4.78, 5) is 7.74. The number of nitrogens with zero attached hydrogens (tertiary/aromatic N) is 3. The zero-order valence-electron chi connectivity index (χ0n) is 15.0. The fraction of sp³-hybridized carbons (Fsp3) is 0.136. The topological polar surface area (TPSA) is 60.5 Å². The van der Waals surface area contributed by atoms with Crippen molar-refractivity contribution in [1.29, 1.82) is 5.26 Å². The third-order valence-corrected chi connectivity index (χ3v) is 3.40. The first-order valence-corrected chi connectivity index (χ1v) is 8.80. The average Bonchev–Trinajstić information content (AvgIpc) is 2.70. The molecule has 0 aliphatic carbocycles. The van der Waals surface area contributed by atoms with Crippen LogP contribution in [0.3, 0.4) is 0 Å². The number of hydrogen-bond donors (Lipinski definition) is 1. The molecular formula is C22H20N4S. The Bertz CT molecular complexity index is 885. The van der Waals surface area contributed by atoms with Crippen molar-refractivity contribution in [3.63, 3.8) is 0 Å². The van der Waals surface area contributed by atoms with E-state index in [0.717, 1.165) is 12.2 Å². The number of nitriles is 1. The maximum Gasteiger partial charge on any atom is 0.183 e. The zero-order valence-corrected chi connectivity index (χ0v) is 15.9. The molecule has 0 aliphatic heterocycles. The van der Waals surface area contributed by atoms with E-state index in [9.17, 15) is 0 Å². The number of hydrogen-bond acceptors (Lipinski definition) is 4. The maximum atomic E-state index is 8.57. The lowest BCUT2D eigenvalue weighted by Gasteiger charge is -2.03. The van der Waals surface area contributed by atoms with E-state index in [2.05, 4.69) is 81.7 Å². The maximum absolute atomic E-state index is 8.57. The second-order valence-corrected chi connectivity index (χ2v) is 5.46. The molecule has 4 nitrogen and oxygen atoms in total. The molecule has 0 heterocycles. The van der Waals surface area contributed by atoms with Crippen molar-refractivity contribution in [2.75, 3.05) is 12.3 Å². The summed E-state index contributed by atoms with van der Waals surface area (Å²) in [6.07, 6.45) is 5.93. The van der Waals surface area contributed by atoms with Crippen LogP contribution in [0.15, 0.2) is 101 Å². The smallest absolute Gasteiger partial charge is 0.183 e. The molecule has 1 aromatic rings. The first-order chi connectivity index (χ1) is 13.3. The van der Waals surface area contributed by atoms with E-state index in [1.807, 2.05) is 24.4 Å². The molecule has 5 heteroatoms. The van der Waals surface area contributed by atoms with Gasteiger partial charge in [-0.05, 0) is 24.3 Å². The van der Waals surface area contributed by atoms with Crippen molar-refractivity contribution in [3.8, 4) is 6.19 Å². The third kappa shape index (κ3) is 15.6. The summed E-state index contributed by atoms with van der Waals surface area (Å²) in [6, 6.07) is 10.3. The number of nitrogens with one attached hydrogen (secondary N) is 1. The molecule has 27 heavy (non-hydrogen) atoms. The predicted octanol–water partition coefficient (Wildman–Crippen LogP) is 4.34. The predicted molar refractivity (Wildman–Crippen MR) is 115 cm³/mol. The standard InChI is InChI=1S/C13H15N3S.C9H5N/c1-2-9-15-13(16-11-14)17-10-8-12-6-4-3-5-7-12;1-3-5-6-7-9-10-8-4-2/h2-7H,1,8-10H2,(H,15,16);8H,1-2H2. The third-order valence-electron chi connectivity index (χ3n) is 2.49. The van der Waals surface area contributed by atoms with Gasteiger partial charge in [-0.1, -0.05) is 60.5 Å². The van der Waals surface area contributed by atoms with Crippen molar-refractivity contribution in [2.45, 2.75) is 6.42 Å². The molecular weight excluding hydrogens is 352 g/mol. The van der Waals surface area contributed by atoms with Crippen LogP contribution >= 0.6 is 11.8 Å². The van der Waals surface area contributed by atoms with Crippen molar-refractivity contribution >= 4 is 22.8 Å². The van der Waals surface area contributed by atoms with Gasteiger partial charge >= 0.3 is 0 Å². The molecule has 0 unspecified atom stereocenters. The molecule has 134 valence electrons. The number of rotatable bonds is 6. The minimum Gasteiger partial charge on any atom is -0.272 e. The molecule has 0 fully saturated rings. The quantitative estimate of drug-likeness (QED) is 0.202. The second kappa shape index (κ2) is 18.7. The van der Waals surface area contributed by atoms with Crippen LogP contribution in [0.5, 0.6) is 0 Å². The number of aliphatic imine (C=N–C) groups is 2. The molecule has 0 saturated heterocycles. The monoisotopic (exact) mass is 372 g/mol. The molecule has 0 aromatic heterocycles. The molecule has 0 saturated carbocycles. The lowest BCUT2D eigenvalue weighted by Crippen LogP contribution is -2.15. The Hall–Kier alpha value is -3.64. The average molecular weight is 372 g/mol. The number of aryl methyl sites for hydroxylation is 1. The van der Waals surface area contributed by atoms with Gasteiger partial charge in [-0.25, -0.2) is 0 Å². The van der Waals surface area contributed by atoms with Crippen molar-refractivity contribution in [1.82, 2.24) is 5.32 Å². The number of amidine groups is 1. The summed E-state index contributed by atoms with van der Waals surface area (Å²) < 4.78 is 0. The Morgan fingerprint density at radius 1 is 1.19 bits per heavy atom. The molecule has 1 rings (SSSR count). The highest BCUT2D eigenvalue weighted by atomic mass is 32.2. The second-order valence-electron chi connectivity index (χ2n) is 4.38. The highest BCUT2D eigenvalue weighted by molar-refractivity contribution is 8.13. The van der Waals surface area contributed by atoms with Crippen LogP contribution in [-0.4, -0.2) is 23.3 Å². The Balaban J connectivity index is 0.000000580. The highest BCUT2D eigenvalue weighted by Crippen LogP contribution is 2.07. The SMILES string of the molecule is C=C=C=C=C=C=NC=C=C.C=CCN=C(NC#N)SCCc1ccccc1. The van der Waals surface area contributed by atoms with E-state index in [4.69, 9.17) is 5.26 Å². The molecule has 0 bridgehead atoms. The molecule has 0 radical (unpaired) electrons. The van der Waals surface area contributed by atoms with Crippen molar-refractivity contribution in [2.24, 2.45) is 9.98 Å². The van der Waals surface area contributed by atoms with Gasteiger partial charge in [-0.2, -0.15) is 10.3 Å². The fourth-order valence-electron chi connectivity index (χ4n) is 1.44. The normalized spacial score (nSPS) is 8.33. The van der Waals surface area contributed by atoms with E-state index in [1.54, 1.807) is 17.8 Å². The van der Waals surface area contributed by atoms with Gasteiger partial charge in [-0.15, -0.1) is 12.3 Å². The van der Waals surface area contributed by atoms with E-state index < -0.39 is 0 Å². The van der Waals surface area contributed by atoms with E-state index >= 15 is 0 Å². The summed E-state index contributed by atoms with van der Waals surface area (Å²) >= 11 is 1.55. The van der Waals surface area contributed by atoms with Gasteiger partial charge < -0.3 is 0 Å². The first kappa shape index (κ1) is 23.4. The van der Waals surface area contributed by atoms with Gasteiger partial charge in [0, 0.05) is 23.1 Å². The molecule has 1 N–H and O–H groups in total. The Labute approximate surface area is 165 Å². The van der Waals surface area contributed by atoms with Gasteiger partial charge in [0.25, 0.3) is 0 Å². The van der Waals surface area contributed by atoms with Crippen LogP contribution in [0.2, 0.25) is 0 Å². The Kier molecular flexibility index (Phi) is 16.2. The largest absolute Gasteiger partial charge is 0.272 e. The van der Waals surface area contributed by atoms with Crippen molar-refractivity contribution < 1.29 is 0 Å². The lowest BCUT2D eigenvalue weighted by molar-refractivity contribution is 1.15. The zero-order chi connectivity index (χ0) is 20.0. The molecule has 0 amide bonds. The molecule has 0 aliphatic rings. The van der Waals surface area contributed by atoms with E-state index in [-0.39, 0.29) is 0 Å². The van der Waals surface area contributed by atoms with Crippen LogP contribution in [0.4, 0.5) is 0 Å². The molecule has 1 aromatic carbocycles. The molecule has 0 spiro atoms. The van der Waals surface area contributed by atoms with Gasteiger partial charge in [0.15, 0.2) is 11.4 Å². The fourth-order valence-corrected chi connectivity index (χ4v) is 2.26. The minimum absolute atomic E-state index is 0.530. The number of thioether (sulfide) groups is 1. The summed E-state index contributed by atoms with van der Waals surface area (Å²) in [6.45, 7) is 10.7. The Morgan fingerprint density at radius 2 is 1.96 bits per heavy atom. The van der Waals surface area contributed by atoms with Gasteiger partial charge in [-0.3, -0.25) is 10.3 Å². The summed E-state index contributed by atoms with van der Waals surface area (Å²) in [5, 5.41) is 11.8. The van der Waals surface area contributed by atoms with Crippen LogP contribution in [0, 0.1) is 11.5 Å². The van der Waals surface area contributed by atoms with Crippen LogP contribution in [0.25, 0.3) is 0 Å². The van der Waals surface area contributed by atoms with Gasteiger partial charge in [0.2, 0.25) is 0 Å². The minimum atomic E-state index is 0.530. The highest BCUT2D eigenvalue weighted by Gasteiger charge is 1.99. The van der Waals surface area contributed by atoms with Gasteiger partial charge in [0.05, 0.1) is 12.7 Å². The molecule has 0 atom stereocenters. The van der Waals surface area contributed by atoms with E-state index in [1.165, 1.54) is 11.8 Å². The van der Waals surface area contributed by atoms with E-state index in [0.29, 0.717) is 11.7 Å².